The smallest absolute Gasteiger partial charge is 0.213 e. The molecule has 124 valence electrons. The maximum Gasteiger partial charge on any atom is 0.213 e. The summed E-state index contributed by atoms with van der Waals surface area (Å²) >= 11 is 0. The molecule has 0 saturated carbocycles. The summed E-state index contributed by atoms with van der Waals surface area (Å²) in [5, 5.41) is 27.6. The number of aromatic nitrogens is 1. The van der Waals surface area contributed by atoms with Gasteiger partial charge in [-0.2, -0.15) is 0 Å². The van der Waals surface area contributed by atoms with E-state index in [1.165, 1.54) is 0 Å². The van der Waals surface area contributed by atoms with Gasteiger partial charge in [-0.1, -0.05) is 11.5 Å². The molecule has 22 heavy (non-hydrogen) atoms. The van der Waals surface area contributed by atoms with Crippen molar-refractivity contribution in [1.82, 2.24) is 4.98 Å². The number of pyridine rings is 1. The van der Waals surface area contributed by atoms with Crippen LogP contribution in [0.15, 0.2) is 18.3 Å². The van der Waals surface area contributed by atoms with Crippen molar-refractivity contribution < 1.29 is 20.1 Å². The molecule has 0 spiro atoms. The second kappa shape index (κ2) is 7.95. The molecule has 2 radical (unpaired) electrons. The molecule has 0 atom stereocenters. The third-order valence-corrected chi connectivity index (χ3v) is 3.22. The maximum atomic E-state index is 9.42. The zero-order valence-corrected chi connectivity index (χ0v) is 14.4. The highest BCUT2D eigenvalue weighted by atomic mass is 16.5. The van der Waals surface area contributed by atoms with E-state index in [2.05, 4.69) is 4.98 Å². The van der Waals surface area contributed by atoms with Crippen molar-refractivity contribution in [2.45, 2.75) is 64.8 Å². The standard InChI is InChI=1S/C10H14BNO2.C6H14O2/c1-10(2,13)5-6-14-9-4-3-8(11)7-12-9;1-5(2,7)6(3,4)8/h3-4,7,13H,5-6H2,1-2H3;7-8H,1-4H3. The van der Waals surface area contributed by atoms with Crippen molar-refractivity contribution in [3.8, 4) is 5.88 Å². The van der Waals surface area contributed by atoms with Crippen LogP contribution in [0.2, 0.25) is 0 Å². The van der Waals surface area contributed by atoms with Gasteiger partial charge in [0.15, 0.2) is 0 Å². The molecule has 1 aromatic rings. The Morgan fingerprint density at radius 3 is 1.82 bits per heavy atom. The van der Waals surface area contributed by atoms with Gasteiger partial charge in [0.05, 0.1) is 23.4 Å². The lowest BCUT2D eigenvalue weighted by Gasteiger charge is -2.31. The van der Waals surface area contributed by atoms with Crippen LogP contribution in [0.4, 0.5) is 0 Å². The number of rotatable bonds is 5. The minimum atomic E-state index is -1.01. The molecule has 3 N–H and O–H groups in total. The fraction of sp³-hybridized carbons (Fsp3) is 0.688. The lowest BCUT2D eigenvalue weighted by Crippen LogP contribution is -2.44. The molecule has 0 bridgehead atoms. The Bertz CT molecular complexity index is 415. The van der Waals surface area contributed by atoms with E-state index in [0.29, 0.717) is 24.4 Å². The van der Waals surface area contributed by atoms with Gasteiger partial charge in [0.1, 0.15) is 7.85 Å². The van der Waals surface area contributed by atoms with E-state index in [-0.39, 0.29) is 0 Å². The molecule has 1 heterocycles. The largest absolute Gasteiger partial charge is 0.478 e. The van der Waals surface area contributed by atoms with E-state index in [1.54, 1.807) is 59.9 Å². The van der Waals surface area contributed by atoms with Crippen molar-refractivity contribution in [2.75, 3.05) is 6.61 Å². The Morgan fingerprint density at radius 1 is 1.00 bits per heavy atom. The summed E-state index contributed by atoms with van der Waals surface area (Å²) in [5.41, 5.74) is -2.10. The van der Waals surface area contributed by atoms with E-state index in [0.717, 1.165) is 0 Å². The van der Waals surface area contributed by atoms with Crippen LogP contribution in [0.3, 0.4) is 0 Å². The molecule has 0 aliphatic rings. The highest BCUT2D eigenvalue weighted by Gasteiger charge is 2.31. The highest BCUT2D eigenvalue weighted by Crippen LogP contribution is 2.19. The summed E-state index contributed by atoms with van der Waals surface area (Å²) < 4.78 is 5.31. The van der Waals surface area contributed by atoms with E-state index in [1.807, 2.05) is 0 Å². The van der Waals surface area contributed by atoms with Crippen LogP contribution in [-0.4, -0.2) is 51.6 Å². The summed E-state index contributed by atoms with van der Waals surface area (Å²) in [5.74, 6) is 0.531. The fourth-order valence-corrected chi connectivity index (χ4v) is 0.882. The first kappa shape index (κ1) is 20.9. The lowest BCUT2D eigenvalue weighted by molar-refractivity contribution is -0.107. The van der Waals surface area contributed by atoms with Crippen LogP contribution in [0, 0.1) is 0 Å². The maximum absolute atomic E-state index is 9.42. The van der Waals surface area contributed by atoms with Crippen molar-refractivity contribution in [2.24, 2.45) is 0 Å². The lowest BCUT2D eigenvalue weighted by atomic mass is 9.90. The van der Waals surface area contributed by atoms with Crippen molar-refractivity contribution in [3.05, 3.63) is 18.3 Å². The number of hydrogen-bond acceptors (Lipinski definition) is 5. The second-order valence-corrected chi connectivity index (χ2v) is 6.96. The van der Waals surface area contributed by atoms with Crippen LogP contribution in [0.5, 0.6) is 5.88 Å². The van der Waals surface area contributed by atoms with Crippen molar-refractivity contribution in [1.29, 1.82) is 0 Å². The van der Waals surface area contributed by atoms with Gasteiger partial charge in [0.2, 0.25) is 5.88 Å². The van der Waals surface area contributed by atoms with Gasteiger partial charge in [0.25, 0.3) is 0 Å². The number of ether oxygens (including phenoxy) is 1. The van der Waals surface area contributed by atoms with Gasteiger partial charge in [-0.25, -0.2) is 4.98 Å². The van der Waals surface area contributed by atoms with E-state index in [4.69, 9.17) is 22.8 Å². The van der Waals surface area contributed by atoms with E-state index >= 15 is 0 Å². The normalized spacial score (nSPS) is 12.4. The average Bonchev–Trinajstić information content (AvgIpc) is 2.28. The van der Waals surface area contributed by atoms with Crippen LogP contribution in [-0.2, 0) is 0 Å². The van der Waals surface area contributed by atoms with Gasteiger partial charge in [-0.3, -0.25) is 0 Å². The minimum Gasteiger partial charge on any atom is -0.478 e. The van der Waals surface area contributed by atoms with Gasteiger partial charge < -0.3 is 20.1 Å². The Morgan fingerprint density at radius 2 is 1.50 bits per heavy atom. The fourth-order valence-electron chi connectivity index (χ4n) is 0.882. The molecular weight excluding hydrogens is 281 g/mol. The molecule has 0 fully saturated rings. The summed E-state index contributed by atoms with van der Waals surface area (Å²) in [6.07, 6.45) is 2.11. The summed E-state index contributed by atoms with van der Waals surface area (Å²) in [4.78, 5) is 3.97. The van der Waals surface area contributed by atoms with Crippen molar-refractivity contribution >= 4 is 13.3 Å². The number of nitrogens with zero attached hydrogens (tertiary/aromatic N) is 1. The Hall–Kier alpha value is -1.11. The topological polar surface area (TPSA) is 82.8 Å². The molecule has 0 saturated heterocycles. The SMILES string of the molecule is CC(C)(O)C(C)(C)O.[B]c1ccc(OCCC(C)(C)O)nc1. The predicted octanol–water partition coefficient (Wildman–Crippen LogP) is 0.943. The van der Waals surface area contributed by atoms with Crippen LogP contribution in [0.1, 0.15) is 48.0 Å². The zero-order valence-electron chi connectivity index (χ0n) is 14.4. The van der Waals surface area contributed by atoms with Gasteiger partial charge >= 0.3 is 0 Å². The third-order valence-electron chi connectivity index (χ3n) is 3.22. The third kappa shape index (κ3) is 9.76. The summed E-state index contributed by atoms with van der Waals surface area (Å²) in [6, 6.07) is 3.44. The zero-order chi connectivity index (χ0) is 17.6. The van der Waals surface area contributed by atoms with E-state index < -0.39 is 16.8 Å². The number of aliphatic hydroxyl groups is 3. The van der Waals surface area contributed by atoms with Gasteiger partial charge in [0, 0.05) is 12.6 Å². The van der Waals surface area contributed by atoms with Gasteiger partial charge in [-0.15, -0.1) is 0 Å². The molecule has 0 amide bonds. The minimum absolute atomic E-state index is 0.445. The van der Waals surface area contributed by atoms with Crippen LogP contribution < -0.4 is 10.2 Å². The molecule has 0 aromatic carbocycles. The Kier molecular flexibility index (Phi) is 7.55. The molecule has 6 heteroatoms. The molecule has 0 aliphatic carbocycles. The molecule has 1 rings (SSSR count). The van der Waals surface area contributed by atoms with E-state index in [9.17, 15) is 5.11 Å². The quantitative estimate of drug-likeness (QED) is 0.705. The summed E-state index contributed by atoms with van der Waals surface area (Å²) in [6.45, 7) is 10.2. The predicted molar refractivity (Wildman–Crippen MR) is 88.6 cm³/mol. The average molecular weight is 309 g/mol. The molecular formula is C16H28BNO4. The molecule has 1 aromatic heterocycles. The second-order valence-electron chi connectivity index (χ2n) is 6.96. The van der Waals surface area contributed by atoms with Crippen LogP contribution in [0.25, 0.3) is 0 Å². The molecule has 0 aliphatic heterocycles. The molecule has 5 nitrogen and oxygen atoms in total. The van der Waals surface area contributed by atoms with Crippen LogP contribution >= 0.6 is 0 Å². The first-order valence-corrected chi connectivity index (χ1v) is 7.24. The van der Waals surface area contributed by atoms with Gasteiger partial charge in [-0.05, 0) is 47.6 Å². The first-order valence-electron chi connectivity index (χ1n) is 7.24. The highest BCUT2D eigenvalue weighted by molar-refractivity contribution is 6.32. The summed E-state index contributed by atoms with van der Waals surface area (Å²) in [7, 11) is 5.47. The molecule has 0 unspecified atom stereocenters. The monoisotopic (exact) mass is 309 g/mol. The first-order chi connectivity index (χ1) is 9.72. The number of hydrogen-bond donors (Lipinski definition) is 3. The Labute approximate surface area is 134 Å². The van der Waals surface area contributed by atoms with Crippen molar-refractivity contribution in [3.63, 3.8) is 0 Å². The Balaban J connectivity index is 0.000000472.